The molecule has 0 aliphatic rings. The number of sulfone groups is 1. The number of rotatable bonds is 7. The summed E-state index contributed by atoms with van der Waals surface area (Å²) >= 11 is 0. The summed E-state index contributed by atoms with van der Waals surface area (Å²) in [5.74, 6) is -0.158. The Bertz CT molecular complexity index is 402. The lowest BCUT2D eigenvalue weighted by molar-refractivity contribution is 0.472. The third-order valence-electron chi connectivity index (χ3n) is 2.21. The van der Waals surface area contributed by atoms with E-state index in [1.165, 1.54) is 7.05 Å². The van der Waals surface area contributed by atoms with Crippen LogP contribution in [0.3, 0.4) is 0 Å². The van der Waals surface area contributed by atoms with Gasteiger partial charge in [-0.05, 0) is 14.0 Å². The fraction of sp³-hybridized carbons (Fsp3) is 1.00. The molecular formula is C8H20N2O4S2. The summed E-state index contributed by atoms with van der Waals surface area (Å²) in [6.45, 7) is 1.92. The van der Waals surface area contributed by atoms with Crippen molar-refractivity contribution in [3.63, 3.8) is 0 Å². The van der Waals surface area contributed by atoms with Crippen molar-refractivity contribution >= 4 is 19.9 Å². The second-order valence-electron chi connectivity index (χ2n) is 3.86. The van der Waals surface area contributed by atoms with Gasteiger partial charge in [-0.2, -0.15) is 0 Å². The molecule has 0 amide bonds. The van der Waals surface area contributed by atoms with Gasteiger partial charge in [-0.1, -0.05) is 0 Å². The molecule has 0 spiro atoms. The van der Waals surface area contributed by atoms with Crippen LogP contribution in [0, 0.1) is 0 Å². The zero-order valence-corrected chi connectivity index (χ0v) is 11.7. The van der Waals surface area contributed by atoms with Crippen molar-refractivity contribution in [1.29, 1.82) is 0 Å². The highest BCUT2D eigenvalue weighted by molar-refractivity contribution is 7.91. The van der Waals surface area contributed by atoms with Crippen molar-refractivity contribution in [2.24, 2.45) is 0 Å². The zero-order chi connectivity index (χ0) is 13.0. The molecule has 0 heterocycles. The molecular weight excluding hydrogens is 252 g/mol. The van der Waals surface area contributed by atoms with Gasteiger partial charge >= 0.3 is 0 Å². The van der Waals surface area contributed by atoms with Gasteiger partial charge in [0.15, 0.2) is 0 Å². The zero-order valence-electron chi connectivity index (χ0n) is 10.1. The summed E-state index contributed by atoms with van der Waals surface area (Å²) in [7, 11) is -3.49. The molecule has 0 radical (unpaired) electrons. The number of hydrogen-bond donors (Lipinski definition) is 1. The van der Waals surface area contributed by atoms with Crippen LogP contribution in [-0.4, -0.2) is 65.6 Å². The van der Waals surface area contributed by atoms with Crippen LogP contribution in [-0.2, 0) is 19.9 Å². The largest absolute Gasteiger partial charge is 0.318 e. The Morgan fingerprint density at radius 2 is 1.75 bits per heavy atom. The van der Waals surface area contributed by atoms with Crippen molar-refractivity contribution in [3.8, 4) is 0 Å². The summed E-state index contributed by atoms with van der Waals surface area (Å²) in [5.41, 5.74) is 0. The number of sulfonamides is 1. The van der Waals surface area contributed by atoms with E-state index in [0.29, 0.717) is 6.54 Å². The molecule has 1 N–H and O–H groups in total. The lowest BCUT2D eigenvalue weighted by Crippen LogP contribution is -2.41. The molecule has 16 heavy (non-hydrogen) atoms. The fourth-order valence-corrected chi connectivity index (χ4v) is 3.18. The molecule has 6 nitrogen and oxygen atoms in total. The van der Waals surface area contributed by atoms with Crippen LogP contribution in [0.25, 0.3) is 0 Å². The molecule has 0 aliphatic heterocycles. The van der Waals surface area contributed by atoms with Crippen molar-refractivity contribution in [3.05, 3.63) is 0 Å². The Hall–Kier alpha value is -0.180. The molecule has 0 aromatic rings. The Balaban J connectivity index is 4.53. The quantitative estimate of drug-likeness (QED) is 0.636. The molecule has 0 fully saturated rings. The number of nitrogens with zero attached hydrogens (tertiary/aromatic N) is 1. The fourth-order valence-electron chi connectivity index (χ4n) is 1.12. The Kier molecular flexibility index (Phi) is 5.88. The summed E-state index contributed by atoms with van der Waals surface area (Å²) < 4.78 is 46.6. The molecule has 0 rings (SSSR count). The number of nitrogens with one attached hydrogen (secondary N) is 1. The standard InChI is InChI=1S/C8H20N2O4S2/c1-8(7-9-2)16(13,14)10(3)5-6-15(4,11)12/h8-9H,5-7H2,1-4H3. The predicted octanol–water partition coefficient (Wildman–Crippen LogP) is -1.10. The second kappa shape index (κ2) is 5.95. The minimum atomic E-state index is -3.42. The van der Waals surface area contributed by atoms with E-state index in [2.05, 4.69) is 5.32 Å². The Morgan fingerprint density at radius 3 is 2.12 bits per heavy atom. The van der Waals surface area contributed by atoms with E-state index in [9.17, 15) is 16.8 Å². The van der Waals surface area contributed by atoms with Gasteiger partial charge in [0.25, 0.3) is 0 Å². The van der Waals surface area contributed by atoms with Gasteiger partial charge in [0, 0.05) is 26.4 Å². The minimum Gasteiger partial charge on any atom is -0.318 e. The summed E-state index contributed by atoms with van der Waals surface area (Å²) in [4.78, 5) is 0. The first-order chi connectivity index (χ1) is 7.11. The van der Waals surface area contributed by atoms with Gasteiger partial charge in [0.2, 0.25) is 10.0 Å². The van der Waals surface area contributed by atoms with Gasteiger partial charge < -0.3 is 5.32 Å². The van der Waals surface area contributed by atoms with Crippen molar-refractivity contribution in [1.82, 2.24) is 9.62 Å². The minimum absolute atomic E-state index is 0.00474. The SMILES string of the molecule is CNCC(C)S(=O)(=O)N(C)CCS(C)(=O)=O. The van der Waals surface area contributed by atoms with Gasteiger partial charge in [0.1, 0.15) is 9.84 Å². The van der Waals surface area contributed by atoms with Crippen LogP contribution < -0.4 is 5.32 Å². The Labute approximate surface area is 98.0 Å². The summed E-state index contributed by atoms with van der Waals surface area (Å²) in [6, 6.07) is 0. The second-order valence-corrected chi connectivity index (χ2v) is 8.58. The van der Waals surface area contributed by atoms with E-state index in [4.69, 9.17) is 0 Å². The molecule has 8 heteroatoms. The first-order valence-corrected chi connectivity index (χ1v) is 8.45. The van der Waals surface area contributed by atoms with E-state index in [1.54, 1.807) is 14.0 Å². The first kappa shape index (κ1) is 15.8. The highest BCUT2D eigenvalue weighted by Gasteiger charge is 2.25. The Morgan fingerprint density at radius 1 is 1.25 bits per heavy atom. The molecule has 0 saturated carbocycles. The first-order valence-electron chi connectivity index (χ1n) is 4.88. The molecule has 0 aromatic carbocycles. The maximum absolute atomic E-state index is 11.8. The monoisotopic (exact) mass is 272 g/mol. The van der Waals surface area contributed by atoms with Crippen molar-refractivity contribution < 1.29 is 16.8 Å². The molecule has 98 valence electrons. The van der Waals surface area contributed by atoms with Crippen LogP contribution in [0.15, 0.2) is 0 Å². The van der Waals surface area contributed by atoms with Crippen LogP contribution in [0.5, 0.6) is 0 Å². The predicted molar refractivity (Wildman–Crippen MR) is 64.6 cm³/mol. The normalized spacial score (nSPS) is 15.3. The number of hydrogen-bond acceptors (Lipinski definition) is 5. The van der Waals surface area contributed by atoms with Gasteiger partial charge in [-0.15, -0.1) is 0 Å². The van der Waals surface area contributed by atoms with E-state index in [0.717, 1.165) is 10.6 Å². The van der Waals surface area contributed by atoms with Crippen molar-refractivity contribution in [2.75, 3.05) is 39.2 Å². The van der Waals surface area contributed by atoms with E-state index in [-0.39, 0.29) is 12.3 Å². The van der Waals surface area contributed by atoms with E-state index >= 15 is 0 Å². The third-order valence-corrected chi connectivity index (χ3v) is 5.37. The van der Waals surface area contributed by atoms with Crippen LogP contribution in [0.1, 0.15) is 6.92 Å². The third kappa shape index (κ3) is 5.24. The smallest absolute Gasteiger partial charge is 0.217 e. The molecule has 0 bridgehead atoms. The molecule has 0 saturated heterocycles. The molecule has 1 atom stereocenters. The summed E-state index contributed by atoms with van der Waals surface area (Å²) in [5, 5.41) is 2.21. The summed E-state index contributed by atoms with van der Waals surface area (Å²) in [6.07, 6.45) is 1.09. The maximum atomic E-state index is 11.8. The molecule has 0 aromatic heterocycles. The average Bonchev–Trinajstić information content (AvgIpc) is 2.13. The van der Waals surface area contributed by atoms with Crippen molar-refractivity contribution in [2.45, 2.75) is 12.2 Å². The van der Waals surface area contributed by atoms with Crippen LogP contribution in [0.4, 0.5) is 0 Å². The van der Waals surface area contributed by atoms with E-state index < -0.39 is 25.1 Å². The highest BCUT2D eigenvalue weighted by atomic mass is 32.2. The van der Waals surface area contributed by atoms with Gasteiger partial charge in [0.05, 0.1) is 11.0 Å². The van der Waals surface area contributed by atoms with Crippen LogP contribution in [0.2, 0.25) is 0 Å². The average molecular weight is 272 g/mol. The highest BCUT2D eigenvalue weighted by Crippen LogP contribution is 2.06. The maximum Gasteiger partial charge on any atom is 0.217 e. The molecule has 0 aliphatic carbocycles. The topological polar surface area (TPSA) is 83.6 Å². The van der Waals surface area contributed by atoms with Gasteiger partial charge in [-0.25, -0.2) is 21.1 Å². The van der Waals surface area contributed by atoms with E-state index in [1.807, 2.05) is 0 Å². The lowest BCUT2D eigenvalue weighted by Gasteiger charge is -2.21. The molecule has 1 unspecified atom stereocenters. The van der Waals surface area contributed by atoms with Gasteiger partial charge in [-0.3, -0.25) is 0 Å². The lowest BCUT2D eigenvalue weighted by atomic mass is 10.5. The van der Waals surface area contributed by atoms with Crippen LogP contribution >= 0.6 is 0 Å².